The summed E-state index contributed by atoms with van der Waals surface area (Å²) in [5.41, 5.74) is 0.127. The Morgan fingerprint density at radius 2 is 2.00 bits per heavy atom. The van der Waals surface area contributed by atoms with Crippen LogP contribution in [0.2, 0.25) is 0 Å². The zero-order valence-corrected chi connectivity index (χ0v) is 11.6. The molecule has 0 aliphatic carbocycles. The third-order valence-electron chi connectivity index (χ3n) is 2.82. The average Bonchev–Trinajstić information content (AvgIpc) is 2.44. The van der Waals surface area contributed by atoms with Crippen LogP contribution < -0.4 is 10.6 Å². The summed E-state index contributed by atoms with van der Waals surface area (Å²) in [6.45, 7) is 1.50. The first kappa shape index (κ1) is 16.6. The van der Waals surface area contributed by atoms with Gasteiger partial charge in [0.2, 0.25) is 5.91 Å². The number of carbonyl (C=O) groups is 3. The van der Waals surface area contributed by atoms with Crippen molar-refractivity contribution in [3.63, 3.8) is 0 Å². The van der Waals surface area contributed by atoms with Crippen molar-refractivity contribution in [1.82, 2.24) is 10.6 Å². The molecule has 0 aromatic heterocycles. The summed E-state index contributed by atoms with van der Waals surface area (Å²) >= 11 is 0. The molecule has 1 aromatic carbocycles. The van der Waals surface area contributed by atoms with Crippen LogP contribution in [0, 0.1) is 11.7 Å². The van der Waals surface area contributed by atoms with Gasteiger partial charge < -0.3 is 15.7 Å². The number of halogens is 1. The monoisotopic (exact) mass is 296 g/mol. The highest BCUT2D eigenvalue weighted by Gasteiger charge is 2.12. The van der Waals surface area contributed by atoms with Crippen LogP contribution in [0.25, 0.3) is 0 Å². The lowest BCUT2D eigenvalue weighted by Gasteiger charge is -2.09. The molecule has 1 aromatic rings. The molecular formula is C14H17FN2O4. The van der Waals surface area contributed by atoms with Crippen molar-refractivity contribution in [2.24, 2.45) is 5.92 Å². The van der Waals surface area contributed by atoms with Gasteiger partial charge in [-0.15, -0.1) is 0 Å². The first-order valence-corrected chi connectivity index (χ1v) is 6.43. The van der Waals surface area contributed by atoms with E-state index in [2.05, 4.69) is 10.6 Å². The minimum absolute atomic E-state index is 0.127. The molecule has 0 aliphatic heterocycles. The molecular weight excluding hydrogens is 279 g/mol. The highest BCUT2D eigenvalue weighted by Crippen LogP contribution is 2.03. The van der Waals surface area contributed by atoms with E-state index in [4.69, 9.17) is 5.11 Å². The fourth-order valence-electron chi connectivity index (χ4n) is 1.51. The summed E-state index contributed by atoms with van der Waals surface area (Å²) in [5.74, 6) is -2.99. The highest BCUT2D eigenvalue weighted by molar-refractivity contribution is 5.96. The lowest BCUT2D eigenvalue weighted by atomic mass is 10.1. The number of hydrogen-bond acceptors (Lipinski definition) is 3. The maximum absolute atomic E-state index is 12.9. The molecule has 1 atom stereocenters. The van der Waals surface area contributed by atoms with E-state index in [1.807, 2.05) is 0 Å². The normalized spacial score (nSPS) is 11.5. The van der Waals surface area contributed by atoms with Crippen molar-refractivity contribution >= 4 is 17.8 Å². The summed E-state index contributed by atoms with van der Waals surface area (Å²) in [6, 6.07) is 5.12. The van der Waals surface area contributed by atoms with E-state index in [1.54, 1.807) is 6.92 Å². The quantitative estimate of drug-likeness (QED) is 0.693. The van der Waals surface area contributed by atoms with Crippen LogP contribution in [0.3, 0.4) is 0 Å². The molecule has 0 fully saturated rings. The molecule has 0 saturated heterocycles. The van der Waals surface area contributed by atoms with E-state index < -0.39 is 29.5 Å². The lowest BCUT2D eigenvalue weighted by Crippen LogP contribution is -2.37. The second-order valence-corrected chi connectivity index (χ2v) is 4.57. The first-order chi connectivity index (χ1) is 9.90. The van der Waals surface area contributed by atoms with Crippen LogP contribution in [0.4, 0.5) is 4.39 Å². The molecule has 0 radical (unpaired) electrons. The van der Waals surface area contributed by atoms with Gasteiger partial charge in [-0.05, 0) is 24.6 Å². The first-order valence-electron chi connectivity index (χ1n) is 6.43. The van der Waals surface area contributed by atoms with Gasteiger partial charge in [0.15, 0.2) is 0 Å². The zero-order chi connectivity index (χ0) is 15.8. The molecule has 0 aliphatic rings. The predicted octanol–water partition coefficient (Wildman–Crippen LogP) is 0.782. The number of rotatable bonds is 7. The van der Waals surface area contributed by atoms with Crippen LogP contribution in [0.1, 0.15) is 23.7 Å². The summed E-state index contributed by atoms with van der Waals surface area (Å²) in [4.78, 5) is 33.7. The van der Waals surface area contributed by atoms with Gasteiger partial charge in [0, 0.05) is 12.1 Å². The highest BCUT2D eigenvalue weighted by atomic mass is 19.1. The Balaban J connectivity index is 2.30. The van der Waals surface area contributed by atoms with E-state index in [-0.39, 0.29) is 18.7 Å². The standard InChI is InChI=1S/C14H17FN2O4/c1-9(14(20)21)5-6-16-12(18)8-17-13(19)10-3-2-4-11(15)7-10/h2-4,7,9H,5-6,8H2,1H3,(H,16,18)(H,17,19)(H,20,21). The second kappa shape index (κ2) is 7.98. The fraction of sp³-hybridized carbons (Fsp3) is 0.357. The summed E-state index contributed by atoms with van der Waals surface area (Å²) in [5, 5.41) is 13.5. The molecule has 114 valence electrons. The van der Waals surface area contributed by atoms with Gasteiger partial charge in [0.25, 0.3) is 5.91 Å². The Bertz CT molecular complexity index is 533. The van der Waals surface area contributed by atoms with Gasteiger partial charge in [-0.2, -0.15) is 0 Å². The summed E-state index contributed by atoms with van der Waals surface area (Å²) in [6.07, 6.45) is 0.304. The van der Waals surface area contributed by atoms with Crippen LogP contribution >= 0.6 is 0 Å². The predicted molar refractivity (Wildman–Crippen MR) is 73.2 cm³/mol. The molecule has 21 heavy (non-hydrogen) atoms. The topological polar surface area (TPSA) is 95.5 Å². The van der Waals surface area contributed by atoms with Crippen LogP contribution in [-0.4, -0.2) is 36.0 Å². The van der Waals surface area contributed by atoms with Crippen molar-refractivity contribution in [2.45, 2.75) is 13.3 Å². The van der Waals surface area contributed by atoms with Gasteiger partial charge in [0.05, 0.1) is 12.5 Å². The SMILES string of the molecule is CC(CCNC(=O)CNC(=O)c1cccc(F)c1)C(=O)O. The van der Waals surface area contributed by atoms with Gasteiger partial charge in [-0.1, -0.05) is 13.0 Å². The number of carbonyl (C=O) groups excluding carboxylic acids is 2. The Kier molecular flexibility index (Phi) is 6.32. The Hall–Kier alpha value is -2.44. The van der Waals surface area contributed by atoms with Crippen molar-refractivity contribution in [1.29, 1.82) is 0 Å². The van der Waals surface area contributed by atoms with Crippen molar-refractivity contribution in [2.75, 3.05) is 13.1 Å². The Morgan fingerprint density at radius 1 is 1.29 bits per heavy atom. The van der Waals surface area contributed by atoms with Crippen LogP contribution in [0.5, 0.6) is 0 Å². The minimum atomic E-state index is -0.927. The molecule has 2 amide bonds. The molecule has 3 N–H and O–H groups in total. The van der Waals surface area contributed by atoms with Crippen molar-refractivity contribution in [3.8, 4) is 0 Å². The molecule has 0 bridgehead atoms. The molecule has 1 rings (SSSR count). The third kappa shape index (κ3) is 6.03. The maximum Gasteiger partial charge on any atom is 0.306 e. The Morgan fingerprint density at radius 3 is 2.62 bits per heavy atom. The average molecular weight is 296 g/mol. The van der Waals surface area contributed by atoms with Crippen molar-refractivity contribution < 1.29 is 23.9 Å². The van der Waals surface area contributed by atoms with E-state index >= 15 is 0 Å². The molecule has 0 heterocycles. The number of amides is 2. The van der Waals surface area contributed by atoms with Gasteiger partial charge in [-0.25, -0.2) is 4.39 Å². The number of nitrogens with one attached hydrogen (secondary N) is 2. The smallest absolute Gasteiger partial charge is 0.306 e. The molecule has 6 nitrogen and oxygen atoms in total. The van der Waals surface area contributed by atoms with Crippen LogP contribution in [-0.2, 0) is 9.59 Å². The second-order valence-electron chi connectivity index (χ2n) is 4.57. The fourth-order valence-corrected chi connectivity index (χ4v) is 1.51. The molecule has 1 unspecified atom stereocenters. The molecule has 7 heteroatoms. The van der Waals surface area contributed by atoms with Gasteiger partial charge >= 0.3 is 5.97 Å². The van der Waals surface area contributed by atoms with Gasteiger partial charge in [0.1, 0.15) is 5.82 Å². The van der Waals surface area contributed by atoms with Crippen LogP contribution in [0.15, 0.2) is 24.3 Å². The Labute approximate surface area is 121 Å². The number of carboxylic acids is 1. The van der Waals surface area contributed by atoms with E-state index in [9.17, 15) is 18.8 Å². The van der Waals surface area contributed by atoms with E-state index in [0.29, 0.717) is 6.42 Å². The zero-order valence-electron chi connectivity index (χ0n) is 11.6. The maximum atomic E-state index is 12.9. The number of carboxylic acid groups (broad SMARTS) is 1. The number of hydrogen-bond donors (Lipinski definition) is 3. The number of benzene rings is 1. The molecule has 0 saturated carbocycles. The number of aliphatic carboxylic acids is 1. The molecule has 0 spiro atoms. The van der Waals surface area contributed by atoms with E-state index in [0.717, 1.165) is 6.07 Å². The minimum Gasteiger partial charge on any atom is -0.481 e. The lowest BCUT2D eigenvalue weighted by molar-refractivity contribution is -0.141. The van der Waals surface area contributed by atoms with Gasteiger partial charge in [-0.3, -0.25) is 14.4 Å². The summed E-state index contributed by atoms with van der Waals surface area (Å²) in [7, 11) is 0. The third-order valence-corrected chi connectivity index (χ3v) is 2.82. The van der Waals surface area contributed by atoms with E-state index in [1.165, 1.54) is 18.2 Å². The van der Waals surface area contributed by atoms with Crippen molar-refractivity contribution in [3.05, 3.63) is 35.6 Å². The summed E-state index contributed by atoms with van der Waals surface area (Å²) < 4.78 is 12.9. The largest absolute Gasteiger partial charge is 0.481 e.